The molecule has 0 radical (unpaired) electrons. The van der Waals surface area contributed by atoms with E-state index in [1.54, 1.807) is 6.92 Å². The van der Waals surface area contributed by atoms with Crippen LogP contribution in [0.4, 0.5) is 13.2 Å². The zero-order chi connectivity index (χ0) is 15.3. The van der Waals surface area contributed by atoms with Gasteiger partial charge in [-0.3, -0.25) is 4.79 Å². The van der Waals surface area contributed by atoms with Gasteiger partial charge in [0.05, 0.1) is 0 Å². The van der Waals surface area contributed by atoms with Crippen molar-refractivity contribution >= 4 is 17.5 Å². The number of amides is 1. The molecule has 7 heteroatoms. The lowest BCUT2D eigenvalue weighted by Gasteiger charge is -2.23. The van der Waals surface area contributed by atoms with Crippen molar-refractivity contribution in [2.45, 2.75) is 32.9 Å². The summed E-state index contributed by atoms with van der Waals surface area (Å²) in [6.07, 6.45) is -3.43. The number of aryl methyl sites for hydroxylation is 1. The minimum Gasteiger partial charge on any atom is -0.330 e. The highest BCUT2D eigenvalue weighted by molar-refractivity contribution is 6.29. The van der Waals surface area contributed by atoms with Gasteiger partial charge < -0.3 is 4.90 Å². The maximum Gasteiger partial charge on any atom is 0.406 e. The molecule has 0 unspecified atom stereocenters. The first-order valence-corrected chi connectivity index (χ1v) is 6.67. The van der Waals surface area contributed by atoms with E-state index in [0.717, 1.165) is 4.90 Å². The first-order valence-electron chi connectivity index (χ1n) is 6.29. The quantitative estimate of drug-likeness (QED) is 0.777. The maximum absolute atomic E-state index is 12.5. The van der Waals surface area contributed by atoms with Crippen molar-refractivity contribution in [3.63, 3.8) is 0 Å². The number of carbonyl (C=O) groups is 1. The first-order chi connectivity index (χ1) is 9.26. The normalized spacial score (nSPS) is 11.5. The van der Waals surface area contributed by atoms with Crippen molar-refractivity contribution < 1.29 is 18.0 Å². The summed E-state index contributed by atoms with van der Waals surface area (Å²) in [6, 6.07) is 2.77. The SMILES string of the molecule is CCCN(CC(F)(F)F)C(=O)c1cc(Cl)nc(CC)c1. The standard InChI is InChI=1S/C13H16ClF3N2O/c1-3-5-19(8-13(15,16)17)12(20)9-6-10(4-2)18-11(14)7-9/h6-7H,3-5,8H2,1-2H3. The number of alkyl halides is 3. The predicted molar refractivity (Wildman–Crippen MR) is 70.9 cm³/mol. The zero-order valence-electron chi connectivity index (χ0n) is 11.3. The predicted octanol–water partition coefficient (Wildman–Crippen LogP) is 3.71. The second kappa shape index (κ2) is 6.92. The van der Waals surface area contributed by atoms with Gasteiger partial charge in [0.1, 0.15) is 11.7 Å². The summed E-state index contributed by atoms with van der Waals surface area (Å²) in [5.74, 6) is -0.678. The highest BCUT2D eigenvalue weighted by Crippen LogP contribution is 2.20. The van der Waals surface area contributed by atoms with E-state index in [9.17, 15) is 18.0 Å². The number of rotatable bonds is 5. The molecule has 0 bridgehead atoms. The Bertz CT molecular complexity index is 477. The van der Waals surface area contributed by atoms with Gasteiger partial charge in [-0.25, -0.2) is 4.98 Å². The van der Waals surface area contributed by atoms with E-state index in [1.807, 2.05) is 6.92 Å². The molecule has 1 heterocycles. The third kappa shape index (κ3) is 5.00. The van der Waals surface area contributed by atoms with Crippen LogP contribution in [-0.4, -0.2) is 35.1 Å². The summed E-state index contributed by atoms with van der Waals surface area (Å²) < 4.78 is 37.5. The fraction of sp³-hybridized carbons (Fsp3) is 0.538. The fourth-order valence-corrected chi connectivity index (χ4v) is 2.00. The number of halogens is 4. The van der Waals surface area contributed by atoms with Crippen LogP contribution in [0.25, 0.3) is 0 Å². The Morgan fingerprint density at radius 2 is 2.00 bits per heavy atom. The summed E-state index contributed by atoms with van der Waals surface area (Å²) in [7, 11) is 0. The smallest absolute Gasteiger partial charge is 0.330 e. The Morgan fingerprint density at radius 3 is 2.50 bits per heavy atom. The van der Waals surface area contributed by atoms with Crippen LogP contribution < -0.4 is 0 Å². The lowest BCUT2D eigenvalue weighted by molar-refractivity contribution is -0.140. The minimum absolute atomic E-state index is 0.0414. The van der Waals surface area contributed by atoms with Crippen LogP contribution in [-0.2, 0) is 6.42 Å². The van der Waals surface area contributed by atoms with Crippen LogP contribution >= 0.6 is 11.6 Å². The summed E-state index contributed by atoms with van der Waals surface area (Å²) in [5.41, 5.74) is 0.712. The highest BCUT2D eigenvalue weighted by atomic mass is 35.5. The Balaban J connectivity index is 3.02. The van der Waals surface area contributed by atoms with Gasteiger partial charge in [-0.15, -0.1) is 0 Å². The van der Waals surface area contributed by atoms with Gasteiger partial charge in [0, 0.05) is 17.8 Å². The van der Waals surface area contributed by atoms with Crippen molar-refractivity contribution in [3.8, 4) is 0 Å². The number of pyridine rings is 1. The summed E-state index contributed by atoms with van der Waals surface area (Å²) in [5, 5.41) is 0.108. The topological polar surface area (TPSA) is 33.2 Å². The molecular formula is C13H16ClF3N2O. The van der Waals surface area contributed by atoms with Crippen LogP contribution in [0, 0.1) is 0 Å². The van der Waals surface area contributed by atoms with Gasteiger partial charge in [-0.05, 0) is 25.0 Å². The number of hydrogen-bond acceptors (Lipinski definition) is 2. The van der Waals surface area contributed by atoms with Gasteiger partial charge in [0.25, 0.3) is 5.91 Å². The molecule has 0 aliphatic carbocycles. The van der Waals surface area contributed by atoms with Gasteiger partial charge >= 0.3 is 6.18 Å². The Morgan fingerprint density at radius 1 is 1.35 bits per heavy atom. The second-order valence-electron chi connectivity index (χ2n) is 4.37. The molecule has 3 nitrogen and oxygen atoms in total. The van der Waals surface area contributed by atoms with Gasteiger partial charge in [-0.1, -0.05) is 25.4 Å². The van der Waals surface area contributed by atoms with Gasteiger partial charge in [0.15, 0.2) is 0 Å². The largest absolute Gasteiger partial charge is 0.406 e. The highest BCUT2D eigenvalue weighted by Gasteiger charge is 2.33. The third-order valence-electron chi connectivity index (χ3n) is 2.61. The molecule has 0 saturated carbocycles. The molecule has 1 aromatic rings. The second-order valence-corrected chi connectivity index (χ2v) is 4.75. The number of carbonyl (C=O) groups excluding carboxylic acids is 1. The number of aromatic nitrogens is 1. The van der Waals surface area contributed by atoms with E-state index in [0.29, 0.717) is 18.5 Å². The molecule has 1 aromatic heterocycles. The fourth-order valence-electron chi connectivity index (χ4n) is 1.78. The summed E-state index contributed by atoms with van der Waals surface area (Å²) >= 11 is 5.78. The summed E-state index contributed by atoms with van der Waals surface area (Å²) in [6.45, 7) is 2.32. The van der Waals surface area contributed by atoms with Crippen LogP contribution in [0.1, 0.15) is 36.3 Å². The molecule has 0 fully saturated rings. The number of nitrogens with zero attached hydrogens (tertiary/aromatic N) is 2. The molecule has 20 heavy (non-hydrogen) atoms. The van der Waals surface area contributed by atoms with E-state index in [4.69, 9.17) is 11.6 Å². The molecule has 1 rings (SSSR count). The van der Waals surface area contributed by atoms with E-state index < -0.39 is 18.6 Å². The maximum atomic E-state index is 12.5. The molecule has 1 amide bonds. The van der Waals surface area contributed by atoms with Gasteiger partial charge in [0.2, 0.25) is 0 Å². The minimum atomic E-state index is -4.42. The number of hydrogen-bond donors (Lipinski definition) is 0. The van der Waals surface area contributed by atoms with E-state index in [1.165, 1.54) is 12.1 Å². The molecule has 0 spiro atoms. The first kappa shape index (κ1) is 16.8. The molecule has 0 saturated heterocycles. The van der Waals surface area contributed by atoms with Crippen molar-refractivity contribution in [1.82, 2.24) is 9.88 Å². The van der Waals surface area contributed by atoms with Gasteiger partial charge in [-0.2, -0.15) is 13.2 Å². The van der Waals surface area contributed by atoms with Crippen LogP contribution in [0.2, 0.25) is 5.15 Å². The molecule has 112 valence electrons. The Kier molecular flexibility index (Phi) is 5.80. The average molecular weight is 309 g/mol. The molecule has 0 N–H and O–H groups in total. The van der Waals surface area contributed by atoms with Crippen molar-refractivity contribution in [2.75, 3.05) is 13.1 Å². The molecule has 0 aliphatic rings. The lowest BCUT2D eigenvalue weighted by atomic mass is 10.1. The van der Waals surface area contributed by atoms with Crippen LogP contribution in [0.5, 0.6) is 0 Å². The van der Waals surface area contributed by atoms with Crippen molar-refractivity contribution in [3.05, 3.63) is 28.5 Å². The average Bonchev–Trinajstić information content (AvgIpc) is 2.35. The Hall–Kier alpha value is -1.30. The monoisotopic (exact) mass is 308 g/mol. The van der Waals surface area contributed by atoms with Crippen LogP contribution in [0.3, 0.4) is 0 Å². The van der Waals surface area contributed by atoms with Crippen LogP contribution in [0.15, 0.2) is 12.1 Å². The van der Waals surface area contributed by atoms with E-state index in [-0.39, 0.29) is 17.3 Å². The molecular weight excluding hydrogens is 293 g/mol. The lowest BCUT2D eigenvalue weighted by Crippen LogP contribution is -2.39. The van der Waals surface area contributed by atoms with E-state index >= 15 is 0 Å². The zero-order valence-corrected chi connectivity index (χ0v) is 12.1. The van der Waals surface area contributed by atoms with Crippen molar-refractivity contribution in [2.24, 2.45) is 0 Å². The van der Waals surface area contributed by atoms with Crippen molar-refractivity contribution in [1.29, 1.82) is 0 Å². The Labute approximate surface area is 120 Å². The summed E-state index contributed by atoms with van der Waals surface area (Å²) in [4.78, 5) is 16.9. The molecule has 0 aromatic carbocycles. The van der Waals surface area contributed by atoms with E-state index in [2.05, 4.69) is 4.98 Å². The molecule has 0 atom stereocenters. The third-order valence-corrected chi connectivity index (χ3v) is 2.80. The molecule has 0 aliphatic heterocycles.